The molecule has 0 spiro atoms. The fourth-order valence-electron chi connectivity index (χ4n) is 3.81. The summed E-state index contributed by atoms with van der Waals surface area (Å²) < 4.78 is 7.32. The van der Waals surface area contributed by atoms with Crippen molar-refractivity contribution in [1.82, 2.24) is 14.3 Å². The van der Waals surface area contributed by atoms with Gasteiger partial charge in [0.1, 0.15) is 15.8 Å². The third kappa shape index (κ3) is 7.36. The maximum atomic E-state index is 13.4. The van der Waals surface area contributed by atoms with Crippen molar-refractivity contribution in [2.24, 2.45) is 0 Å². The number of ether oxygens (including phenoxy) is 1. The van der Waals surface area contributed by atoms with E-state index in [0.29, 0.717) is 46.0 Å². The van der Waals surface area contributed by atoms with Gasteiger partial charge >= 0.3 is 0 Å². The van der Waals surface area contributed by atoms with Gasteiger partial charge in [-0.25, -0.2) is 4.98 Å². The van der Waals surface area contributed by atoms with Crippen molar-refractivity contribution in [3.8, 4) is 0 Å². The lowest BCUT2D eigenvalue weighted by Gasteiger charge is -2.14. The van der Waals surface area contributed by atoms with Crippen LogP contribution >= 0.6 is 24.0 Å². The van der Waals surface area contributed by atoms with Crippen LogP contribution in [-0.4, -0.2) is 62.5 Å². The van der Waals surface area contributed by atoms with Gasteiger partial charge in [0.15, 0.2) is 0 Å². The highest BCUT2D eigenvalue weighted by atomic mass is 32.2. The van der Waals surface area contributed by atoms with E-state index in [2.05, 4.69) is 17.2 Å². The Balaban J connectivity index is 1.82. The van der Waals surface area contributed by atoms with E-state index in [9.17, 15) is 9.59 Å². The van der Waals surface area contributed by atoms with Crippen LogP contribution in [0.3, 0.4) is 0 Å². The highest BCUT2D eigenvalue weighted by molar-refractivity contribution is 8.26. The molecule has 2 aromatic heterocycles. The first kappa shape index (κ1) is 27.3. The molecule has 3 heterocycles. The molecule has 1 saturated heterocycles. The summed E-state index contributed by atoms with van der Waals surface area (Å²) in [6.45, 7) is 5.61. The number of hydrogen-bond acceptors (Lipinski definition) is 8. The summed E-state index contributed by atoms with van der Waals surface area (Å²) in [5.41, 5.74) is 1.47. The number of aromatic nitrogens is 2. The molecule has 0 bridgehead atoms. The van der Waals surface area contributed by atoms with Gasteiger partial charge in [0.05, 0.1) is 30.3 Å². The van der Waals surface area contributed by atoms with Gasteiger partial charge in [0, 0.05) is 19.3 Å². The van der Waals surface area contributed by atoms with Gasteiger partial charge in [-0.1, -0.05) is 69.1 Å². The monoisotopic (exact) mass is 518 g/mol. The molecular weight excluding hydrogens is 484 g/mol. The van der Waals surface area contributed by atoms with E-state index in [1.54, 1.807) is 23.2 Å². The molecule has 190 valence electrons. The van der Waals surface area contributed by atoms with Gasteiger partial charge in [0.25, 0.3) is 11.5 Å². The lowest BCUT2D eigenvalue weighted by atomic mass is 10.1. The Bertz CT molecular complexity index is 1130. The zero-order chi connectivity index (χ0) is 25.2. The molecule has 1 fully saturated rings. The van der Waals surface area contributed by atoms with E-state index < -0.39 is 0 Å². The minimum absolute atomic E-state index is 0.0548. The topological polar surface area (TPSA) is 96.2 Å². The molecule has 10 heteroatoms. The molecule has 0 radical (unpaired) electrons. The lowest BCUT2D eigenvalue weighted by molar-refractivity contribution is -0.122. The number of amides is 1. The molecule has 2 aromatic rings. The molecule has 0 atom stereocenters. The zero-order valence-corrected chi connectivity index (χ0v) is 22.1. The minimum Gasteiger partial charge on any atom is -0.394 e. The highest BCUT2D eigenvalue weighted by Gasteiger charge is 2.32. The number of thiocarbonyl (C=S) groups is 1. The van der Waals surface area contributed by atoms with Crippen LogP contribution in [0.25, 0.3) is 11.7 Å². The average Bonchev–Trinajstić information content (AvgIpc) is 3.11. The molecule has 0 unspecified atom stereocenters. The molecule has 3 rings (SSSR count). The van der Waals surface area contributed by atoms with Gasteiger partial charge in [-0.2, -0.15) is 0 Å². The van der Waals surface area contributed by atoms with E-state index >= 15 is 0 Å². The molecule has 0 saturated carbocycles. The number of aliphatic hydroxyl groups is 1. The van der Waals surface area contributed by atoms with E-state index in [0.717, 1.165) is 24.8 Å². The Morgan fingerprint density at radius 1 is 1.17 bits per heavy atom. The summed E-state index contributed by atoms with van der Waals surface area (Å²) in [5.74, 6) is 0.215. The summed E-state index contributed by atoms with van der Waals surface area (Å²) in [6.07, 6.45) is 10.1. The van der Waals surface area contributed by atoms with Gasteiger partial charge in [0.2, 0.25) is 0 Å². The van der Waals surface area contributed by atoms with E-state index in [4.69, 9.17) is 22.1 Å². The lowest BCUT2D eigenvalue weighted by Crippen LogP contribution is -2.29. The number of thioether (sulfide) groups is 1. The Kier molecular flexibility index (Phi) is 10.7. The predicted octanol–water partition coefficient (Wildman–Crippen LogP) is 3.99. The Hall–Kier alpha value is -2.27. The largest absolute Gasteiger partial charge is 0.394 e. The van der Waals surface area contributed by atoms with Crippen molar-refractivity contribution < 1.29 is 14.6 Å². The number of aliphatic hydroxyl groups excluding tert-OH is 1. The third-order valence-corrected chi connectivity index (χ3v) is 7.04. The standard InChI is InChI=1S/C25H34N4O4S2/c1-3-4-5-6-7-8-12-28-24(32)20(35-25(28)34)16-19-22(26-11-14-33-15-13-30)27-21-10-9-18(2)17-29(21)23(19)31/h9-10,16-17,26,30H,3-8,11-15H2,1-2H3/b20-16+. The van der Waals surface area contributed by atoms with E-state index in [1.807, 2.05) is 13.0 Å². The van der Waals surface area contributed by atoms with Crippen LogP contribution in [0.2, 0.25) is 0 Å². The van der Waals surface area contributed by atoms with Crippen molar-refractivity contribution in [2.75, 3.05) is 38.2 Å². The fourth-order valence-corrected chi connectivity index (χ4v) is 5.10. The molecule has 8 nitrogen and oxygen atoms in total. The molecule has 35 heavy (non-hydrogen) atoms. The number of aryl methyl sites for hydroxylation is 1. The maximum Gasteiger partial charge on any atom is 0.267 e. The van der Waals surface area contributed by atoms with Gasteiger partial charge < -0.3 is 15.2 Å². The van der Waals surface area contributed by atoms with Crippen LogP contribution in [0.15, 0.2) is 28.0 Å². The zero-order valence-electron chi connectivity index (χ0n) is 20.4. The van der Waals surface area contributed by atoms with Crippen molar-refractivity contribution in [1.29, 1.82) is 0 Å². The van der Waals surface area contributed by atoms with Crippen molar-refractivity contribution in [3.63, 3.8) is 0 Å². The number of hydrogen-bond donors (Lipinski definition) is 2. The van der Waals surface area contributed by atoms with Crippen molar-refractivity contribution in [2.45, 2.75) is 52.4 Å². The Labute approximate surface area is 215 Å². The highest BCUT2D eigenvalue weighted by Crippen LogP contribution is 2.33. The minimum atomic E-state index is -0.265. The van der Waals surface area contributed by atoms with Crippen molar-refractivity contribution >= 4 is 51.7 Å². The number of carbonyl (C=O) groups is 1. The molecule has 1 aliphatic rings. The predicted molar refractivity (Wildman–Crippen MR) is 146 cm³/mol. The second kappa shape index (κ2) is 13.7. The summed E-state index contributed by atoms with van der Waals surface area (Å²) >= 11 is 6.70. The molecular formula is C25H34N4O4S2. The van der Waals surface area contributed by atoms with Gasteiger partial charge in [-0.3, -0.25) is 18.9 Å². The number of unbranched alkanes of at least 4 members (excludes halogenated alkanes) is 5. The Morgan fingerprint density at radius 2 is 1.94 bits per heavy atom. The van der Waals surface area contributed by atoms with Crippen LogP contribution in [0.1, 0.15) is 56.6 Å². The Morgan fingerprint density at radius 3 is 2.71 bits per heavy atom. The SMILES string of the molecule is CCCCCCCCN1C(=O)/C(=C\c2c(NCCOCCO)nc3ccc(C)cn3c2=O)SC1=S. The number of pyridine rings is 1. The number of fused-ring (bicyclic) bond motifs is 1. The second-order valence-corrected chi connectivity index (χ2v) is 10.2. The van der Waals surface area contributed by atoms with Crippen molar-refractivity contribution in [3.05, 3.63) is 44.7 Å². The second-order valence-electron chi connectivity index (χ2n) is 8.48. The maximum absolute atomic E-state index is 13.4. The number of carbonyl (C=O) groups excluding carboxylic acids is 1. The summed E-state index contributed by atoms with van der Waals surface area (Å²) in [7, 11) is 0. The molecule has 0 aromatic carbocycles. The number of rotatable bonds is 14. The van der Waals surface area contributed by atoms with Crippen LogP contribution < -0.4 is 10.9 Å². The first-order valence-corrected chi connectivity index (χ1v) is 13.4. The first-order valence-electron chi connectivity index (χ1n) is 12.2. The molecule has 0 aliphatic carbocycles. The number of nitrogens with zero attached hydrogens (tertiary/aromatic N) is 3. The average molecular weight is 519 g/mol. The first-order chi connectivity index (χ1) is 17.0. The fraction of sp³-hybridized carbons (Fsp3) is 0.520. The number of anilines is 1. The number of nitrogens with one attached hydrogen (secondary N) is 1. The molecule has 1 aliphatic heterocycles. The quantitative estimate of drug-likeness (QED) is 0.220. The summed E-state index contributed by atoms with van der Waals surface area (Å²) in [6, 6.07) is 3.68. The van der Waals surface area contributed by atoms with Crippen LogP contribution in [0.5, 0.6) is 0 Å². The van der Waals surface area contributed by atoms with Gasteiger partial charge in [-0.05, 0) is 31.1 Å². The smallest absolute Gasteiger partial charge is 0.267 e. The normalized spacial score (nSPS) is 15.1. The molecule has 1 amide bonds. The molecule has 2 N–H and O–H groups in total. The van der Waals surface area contributed by atoms with E-state index in [1.165, 1.54) is 35.4 Å². The van der Waals surface area contributed by atoms with Crippen LogP contribution in [0.4, 0.5) is 5.82 Å². The van der Waals surface area contributed by atoms with Crippen LogP contribution in [0, 0.1) is 6.92 Å². The van der Waals surface area contributed by atoms with E-state index in [-0.39, 0.29) is 24.7 Å². The van der Waals surface area contributed by atoms with Crippen LogP contribution in [-0.2, 0) is 9.53 Å². The summed E-state index contributed by atoms with van der Waals surface area (Å²) in [4.78, 5) is 33.2. The third-order valence-electron chi connectivity index (χ3n) is 5.66. The summed E-state index contributed by atoms with van der Waals surface area (Å²) in [5, 5.41) is 12.0. The van der Waals surface area contributed by atoms with Gasteiger partial charge in [-0.15, -0.1) is 0 Å².